The largest absolute Gasteiger partial charge is 0.468 e. The van der Waals surface area contributed by atoms with Crippen molar-refractivity contribution in [2.24, 2.45) is 4.99 Å². The van der Waals surface area contributed by atoms with Gasteiger partial charge in [-0.1, -0.05) is 0 Å². The summed E-state index contributed by atoms with van der Waals surface area (Å²) in [4.78, 5) is 14.6. The van der Waals surface area contributed by atoms with Gasteiger partial charge in [-0.15, -0.1) is 0 Å². The van der Waals surface area contributed by atoms with E-state index in [-0.39, 0.29) is 18.1 Å². The number of hydrogen-bond donors (Lipinski definition) is 1. The second-order valence-electron chi connectivity index (χ2n) is 3.04. The van der Waals surface area contributed by atoms with Crippen molar-refractivity contribution in [3.05, 3.63) is 0 Å². The topological polar surface area (TPSA) is 50.7 Å². The van der Waals surface area contributed by atoms with Gasteiger partial charge >= 0.3 is 5.97 Å². The molecule has 0 heterocycles. The summed E-state index contributed by atoms with van der Waals surface area (Å²) in [5.74, 6) is -0.271. The summed E-state index contributed by atoms with van der Waals surface area (Å²) >= 11 is 0. The Morgan fingerprint density at radius 3 is 2.67 bits per heavy atom. The highest BCUT2D eigenvalue weighted by Gasteiger charge is 2.14. The van der Waals surface area contributed by atoms with E-state index in [9.17, 15) is 4.79 Å². The van der Waals surface area contributed by atoms with Crippen molar-refractivity contribution >= 4 is 12.2 Å². The molecule has 0 unspecified atom stereocenters. The Balaban J connectivity index is 3.83. The van der Waals surface area contributed by atoms with Gasteiger partial charge < -0.3 is 4.74 Å². The molecular weight excluding hydrogens is 156 g/mol. The van der Waals surface area contributed by atoms with Crippen LogP contribution >= 0.6 is 0 Å². The Morgan fingerprint density at radius 1 is 1.67 bits per heavy atom. The molecule has 1 N–H and O–H groups in total. The summed E-state index contributed by atoms with van der Waals surface area (Å²) in [7, 11) is 3.06. The van der Waals surface area contributed by atoms with E-state index in [2.05, 4.69) is 15.0 Å². The predicted octanol–water partition coefficient (Wildman–Crippen LogP) is 0.228. The summed E-state index contributed by atoms with van der Waals surface area (Å²) in [6.07, 6.45) is 1.75. The fraction of sp³-hybridized carbons (Fsp3) is 0.750. The summed E-state index contributed by atoms with van der Waals surface area (Å²) in [6, 6.07) is 0. The highest BCUT2D eigenvalue weighted by atomic mass is 16.5. The molecule has 0 rings (SSSR count). The molecule has 0 aliphatic carbocycles. The quantitative estimate of drug-likeness (QED) is 0.488. The average molecular weight is 172 g/mol. The number of methoxy groups -OCH3 is 1. The Bertz CT molecular complexity index is 176. The lowest BCUT2D eigenvalue weighted by atomic mass is 10.1. The van der Waals surface area contributed by atoms with Crippen LogP contribution in [0.15, 0.2) is 4.99 Å². The lowest BCUT2D eigenvalue weighted by Gasteiger charge is -2.19. The molecule has 0 aromatic rings. The minimum Gasteiger partial charge on any atom is -0.468 e. The molecule has 0 saturated carbocycles. The van der Waals surface area contributed by atoms with E-state index < -0.39 is 0 Å². The first-order valence-electron chi connectivity index (χ1n) is 3.77. The van der Waals surface area contributed by atoms with E-state index in [1.54, 1.807) is 13.3 Å². The molecule has 0 aromatic heterocycles. The van der Waals surface area contributed by atoms with Crippen molar-refractivity contribution in [3.8, 4) is 0 Å². The molecule has 4 nitrogen and oxygen atoms in total. The zero-order valence-corrected chi connectivity index (χ0v) is 8.05. The van der Waals surface area contributed by atoms with Crippen molar-refractivity contribution in [3.63, 3.8) is 0 Å². The first-order valence-corrected chi connectivity index (χ1v) is 3.77. The fourth-order valence-electron chi connectivity index (χ4n) is 0.741. The van der Waals surface area contributed by atoms with E-state index in [4.69, 9.17) is 0 Å². The summed E-state index contributed by atoms with van der Waals surface area (Å²) in [5.41, 5.74) is -0.261. The molecule has 0 bridgehead atoms. The van der Waals surface area contributed by atoms with Gasteiger partial charge in [-0.3, -0.25) is 15.1 Å². The fourth-order valence-corrected chi connectivity index (χ4v) is 0.741. The van der Waals surface area contributed by atoms with Crippen LogP contribution in [0.5, 0.6) is 0 Å². The van der Waals surface area contributed by atoms with Gasteiger partial charge in [-0.25, -0.2) is 0 Å². The van der Waals surface area contributed by atoms with E-state index in [1.807, 2.05) is 13.8 Å². The SMILES string of the molecule is C/N=C\C(C)(C)NCC(=O)OC. The molecule has 12 heavy (non-hydrogen) atoms. The number of hydrogen-bond acceptors (Lipinski definition) is 4. The molecule has 4 heteroatoms. The highest BCUT2D eigenvalue weighted by molar-refractivity contribution is 5.74. The van der Waals surface area contributed by atoms with Crippen LogP contribution in [0.2, 0.25) is 0 Å². The van der Waals surface area contributed by atoms with Crippen molar-refractivity contribution in [1.82, 2.24) is 5.32 Å². The van der Waals surface area contributed by atoms with Crippen molar-refractivity contribution in [2.45, 2.75) is 19.4 Å². The first-order chi connectivity index (χ1) is 5.52. The van der Waals surface area contributed by atoms with Gasteiger partial charge in [-0.2, -0.15) is 0 Å². The lowest BCUT2D eigenvalue weighted by Crippen LogP contribution is -2.43. The van der Waals surface area contributed by atoms with E-state index >= 15 is 0 Å². The standard InChI is InChI=1S/C8H16N2O2/c1-8(2,6-9-3)10-5-7(11)12-4/h6,10H,5H2,1-4H3/b9-6-. The number of ether oxygens (including phenoxy) is 1. The second-order valence-corrected chi connectivity index (χ2v) is 3.04. The minimum absolute atomic E-state index is 0.204. The third kappa shape index (κ3) is 4.85. The zero-order valence-electron chi connectivity index (χ0n) is 8.05. The molecule has 0 atom stereocenters. The van der Waals surface area contributed by atoms with Crippen LogP contribution in [0.25, 0.3) is 0 Å². The number of rotatable bonds is 4. The predicted molar refractivity (Wildman–Crippen MR) is 48.5 cm³/mol. The first kappa shape index (κ1) is 11.1. The zero-order chi connectivity index (χ0) is 9.61. The molecule has 0 spiro atoms. The molecular formula is C8H16N2O2. The molecule has 0 fully saturated rings. The monoisotopic (exact) mass is 172 g/mol. The lowest BCUT2D eigenvalue weighted by molar-refractivity contribution is -0.139. The molecule has 0 saturated heterocycles. The Labute approximate surface area is 73.0 Å². The Morgan fingerprint density at radius 2 is 2.25 bits per heavy atom. The maximum absolute atomic E-state index is 10.7. The summed E-state index contributed by atoms with van der Waals surface area (Å²) in [5, 5.41) is 2.99. The summed E-state index contributed by atoms with van der Waals surface area (Å²) in [6.45, 7) is 4.07. The number of carbonyl (C=O) groups is 1. The number of carbonyl (C=O) groups excluding carboxylic acids is 1. The van der Waals surface area contributed by atoms with Crippen LogP contribution in [0.1, 0.15) is 13.8 Å². The number of esters is 1. The smallest absolute Gasteiger partial charge is 0.319 e. The van der Waals surface area contributed by atoms with E-state index in [0.717, 1.165) is 0 Å². The van der Waals surface area contributed by atoms with Gasteiger partial charge in [0.05, 0.1) is 13.7 Å². The molecule has 0 radical (unpaired) electrons. The average Bonchev–Trinajstić information content (AvgIpc) is 2.00. The number of nitrogens with zero attached hydrogens (tertiary/aromatic N) is 1. The maximum Gasteiger partial charge on any atom is 0.319 e. The highest BCUT2D eigenvalue weighted by Crippen LogP contribution is 1.96. The van der Waals surface area contributed by atoms with Crippen molar-refractivity contribution < 1.29 is 9.53 Å². The van der Waals surface area contributed by atoms with Crippen LogP contribution in [0.3, 0.4) is 0 Å². The van der Waals surface area contributed by atoms with Gasteiger partial charge in [0.15, 0.2) is 0 Å². The third-order valence-corrected chi connectivity index (χ3v) is 1.37. The molecule has 0 aliphatic heterocycles. The van der Waals surface area contributed by atoms with E-state index in [1.165, 1.54) is 7.11 Å². The molecule has 0 aromatic carbocycles. The molecule has 0 aliphatic rings. The number of nitrogens with one attached hydrogen (secondary N) is 1. The van der Waals surface area contributed by atoms with Gasteiger partial charge in [0, 0.05) is 18.8 Å². The number of aliphatic imine (C=N–C) groups is 1. The molecule has 0 amide bonds. The maximum atomic E-state index is 10.7. The van der Waals surface area contributed by atoms with Gasteiger partial charge in [-0.05, 0) is 13.8 Å². The third-order valence-electron chi connectivity index (χ3n) is 1.37. The van der Waals surface area contributed by atoms with Crippen molar-refractivity contribution in [1.29, 1.82) is 0 Å². The van der Waals surface area contributed by atoms with Gasteiger partial charge in [0.1, 0.15) is 0 Å². The van der Waals surface area contributed by atoms with Crippen molar-refractivity contribution in [2.75, 3.05) is 20.7 Å². The van der Waals surface area contributed by atoms with Gasteiger partial charge in [0.25, 0.3) is 0 Å². The van der Waals surface area contributed by atoms with Crippen LogP contribution in [-0.2, 0) is 9.53 Å². The minimum atomic E-state index is -0.271. The normalized spacial score (nSPS) is 12.0. The van der Waals surface area contributed by atoms with E-state index in [0.29, 0.717) is 0 Å². The van der Waals surface area contributed by atoms with Crippen LogP contribution in [-0.4, -0.2) is 38.4 Å². The Hall–Kier alpha value is -0.900. The molecule has 70 valence electrons. The Kier molecular flexibility index (Phi) is 4.51. The second kappa shape index (κ2) is 4.87. The van der Waals surface area contributed by atoms with Crippen LogP contribution in [0.4, 0.5) is 0 Å². The summed E-state index contributed by atoms with van der Waals surface area (Å²) < 4.78 is 4.48. The van der Waals surface area contributed by atoms with Crippen LogP contribution < -0.4 is 5.32 Å². The van der Waals surface area contributed by atoms with Gasteiger partial charge in [0.2, 0.25) is 0 Å². The van der Waals surface area contributed by atoms with Crippen LogP contribution in [0, 0.1) is 0 Å².